The standard InChI is InChI=1S/C13H14N2OS2/c1-2-4-11-7-10(9-18-11)13(16)15-14-8-12-5-3-6-17-12/h3,5-9H,2,4H2,1H3,(H,15,16). The van der Waals surface area contributed by atoms with E-state index in [0.29, 0.717) is 5.56 Å². The second kappa shape index (κ2) is 6.47. The molecule has 1 amide bonds. The molecule has 0 saturated carbocycles. The Balaban J connectivity index is 1.91. The van der Waals surface area contributed by atoms with Gasteiger partial charge in [-0.05, 0) is 23.9 Å². The van der Waals surface area contributed by atoms with Crippen LogP contribution in [0.4, 0.5) is 0 Å². The van der Waals surface area contributed by atoms with E-state index >= 15 is 0 Å². The van der Waals surface area contributed by atoms with Crippen molar-refractivity contribution in [1.82, 2.24) is 5.43 Å². The molecule has 2 rings (SSSR count). The Labute approximate surface area is 114 Å². The van der Waals surface area contributed by atoms with Gasteiger partial charge in [-0.3, -0.25) is 4.79 Å². The number of carbonyl (C=O) groups is 1. The van der Waals surface area contributed by atoms with E-state index in [1.807, 2.05) is 29.0 Å². The molecule has 0 radical (unpaired) electrons. The number of nitrogens with one attached hydrogen (secondary N) is 1. The fraction of sp³-hybridized carbons (Fsp3) is 0.231. The summed E-state index contributed by atoms with van der Waals surface area (Å²) in [6.45, 7) is 2.13. The van der Waals surface area contributed by atoms with Crippen LogP contribution in [-0.4, -0.2) is 12.1 Å². The van der Waals surface area contributed by atoms with Crippen LogP contribution in [0.3, 0.4) is 0 Å². The molecular weight excluding hydrogens is 264 g/mol. The smallest absolute Gasteiger partial charge is 0.267 e. The van der Waals surface area contributed by atoms with Gasteiger partial charge in [0.25, 0.3) is 5.91 Å². The largest absolute Gasteiger partial charge is 0.272 e. The molecule has 3 nitrogen and oxygen atoms in total. The van der Waals surface area contributed by atoms with Crippen molar-refractivity contribution < 1.29 is 4.79 Å². The van der Waals surface area contributed by atoms with Gasteiger partial charge in [0.15, 0.2) is 0 Å². The fourth-order valence-corrected chi connectivity index (χ4v) is 3.02. The first kappa shape index (κ1) is 13.0. The molecule has 2 aromatic rings. The van der Waals surface area contributed by atoms with Gasteiger partial charge in [-0.2, -0.15) is 5.10 Å². The number of hydrogen-bond donors (Lipinski definition) is 1. The summed E-state index contributed by atoms with van der Waals surface area (Å²) in [4.78, 5) is 14.0. The summed E-state index contributed by atoms with van der Waals surface area (Å²) in [7, 11) is 0. The van der Waals surface area contributed by atoms with Gasteiger partial charge in [-0.25, -0.2) is 5.43 Å². The average Bonchev–Trinajstić information content (AvgIpc) is 3.00. The number of amides is 1. The highest BCUT2D eigenvalue weighted by Gasteiger charge is 2.07. The summed E-state index contributed by atoms with van der Waals surface area (Å²) >= 11 is 3.21. The van der Waals surface area contributed by atoms with Gasteiger partial charge in [0.05, 0.1) is 11.8 Å². The van der Waals surface area contributed by atoms with Gasteiger partial charge in [0, 0.05) is 15.1 Å². The number of nitrogens with zero attached hydrogens (tertiary/aromatic N) is 1. The van der Waals surface area contributed by atoms with Crippen LogP contribution < -0.4 is 5.43 Å². The van der Waals surface area contributed by atoms with Crippen LogP contribution in [0.15, 0.2) is 34.1 Å². The Morgan fingerprint density at radius 3 is 3.11 bits per heavy atom. The lowest BCUT2D eigenvalue weighted by atomic mass is 10.2. The highest BCUT2D eigenvalue weighted by atomic mass is 32.1. The summed E-state index contributed by atoms with van der Waals surface area (Å²) < 4.78 is 0. The maximum Gasteiger partial charge on any atom is 0.272 e. The van der Waals surface area contributed by atoms with Crippen LogP contribution in [0.2, 0.25) is 0 Å². The highest BCUT2D eigenvalue weighted by molar-refractivity contribution is 7.11. The quantitative estimate of drug-likeness (QED) is 0.660. The predicted molar refractivity (Wildman–Crippen MR) is 77.7 cm³/mol. The third-order valence-electron chi connectivity index (χ3n) is 2.31. The molecule has 0 aliphatic rings. The minimum absolute atomic E-state index is 0.151. The lowest BCUT2D eigenvalue weighted by molar-refractivity contribution is 0.0955. The van der Waals surface area contributed by atoms with E-state index < -0.39 is 0 Å². The van der Waals surface area contributed by atoms with Gasteiger partial charge < -0.3 is 0 Å². The van der Waals surface area contributed by atoms with Crippen molar-refractivity contribution in [3.8, 4) is 0 Å². The lowest BCUT2D eigenvalue weighted by Gasteiger charge is -1.95. The molecule has 0 atom stereocenters. The second-order valence-electron chi connectivity index (χ2n) is 3.77. The highest BCUT2D eigenvalue weighted by Crippen LogP contribution is 2.16. The Morgan fingerprint density at radius 1 is 1.50 bits per heavy atom. The van der Waals surface area contributed by atoms with Crippen molar-refractivity contribution in [3.63, 3.8) is 0 Å². The monoisotopic (exact) mass is 278 g/mol. The predicted octanol–water partition coefficient (Wildman–Crippen LogP) is 3.53. The number of hydrazone groups is 1. The number of thiophene rings is 2. The molecule has 18 heavy (non-hydrogen) atoms. The number of aryl methyl sites for hydroxylation is 1. The zero-order valence-electron chi connectivity index (χ0n) is 10.1. The Hall–Kier alpha value is -1.46. The van der Waals surface area contributed by atoms with Crippen molar-refractivity contribution in [2.75, 3.05) is 0 Å². The average molecular weight is 278 g/mol. The van der Waals surface area contributed by atoms with E-state index in [2.05, 4.69) is 17.5 Å². The van der Waals surface area contributed by atoms with Gasteiger partial charge in [0.2, 0.25) is 0 Å². The van der Waals surface area contributed by atoms with Crippen LogP contribution in [-0.2, 0) is 6.42 Å². The zero-order valence-corrected chi connectivity index (χ0v) is 11.7. The van der Waals surface area contributed by atoms with Crippen molar-refractivity contribution in [1.29, 1.82) is 0 Å². The van der Waals surface area contributed by atoms with Gasteiger partial charge in [0.1, 0.15) is 0 Å². The Bertz CT molecular complexity index is 529. The zero-order chi connectivity index (χ0) is 12.8. The van der Waals surface area contributed by atoms with Crippen molar-refractivity contribution in [3.05, 3.63) is 44.3 Å². The maximum absolute atomic E-state index is 11.8. The van der Waals surface area contributed by atoms with Crippen LogP contribution in [0.1, 0.15) is 33.5 Å². The van der Waals surface area contributed by atoms with Gasteiger partial charge in [-0.15, -0.1) is 22.7 Å². The molecule has 0 aromatic carbocycles. The molecule has 1 N–H and O–H groups in total. The van der Waals surface area contributed by atoms with Crippen LogP contribution in [0.25, 0.3) is 0 Å². The minimum Gasteiger partial charge on any atom is -0.267 e. The van der Waals surface area contributed by atoms with E-state index in [1.54, 1.807) is 28.9 Å². The molecule has 94 valence electrons. The van der Waals surface area contributed by atoms with Crippen LogP contribution in [0.5, 0.6) is 0 Å². The molecule has 5 heteroatoms. The molecule has 0 saturated heterocycles. The molecular formula is C13H14N2OS2. The first-order chi connectivity index (χ1) is 8.79. The summed E-state index contributed by atoms with van der Waals surface area (Å²) in [5.41, 5.74) is 3.22. The van der Waals surface area contributed by atoms with E-state index in [4.69, 9.17) is 0 Å². The third-order valence-corrected chi connectivity index (χ3v) is 4.12. The molecule has 0 spiro atoms. The van der Waals surface area contributed by atoms with E-state index in [1.165, 1.54) is 4.88 Å². The van der Waals surface area contributed by atoms with Crippen LogP contribution >= 0.6 is 22.7 Å². The van der Waals surface area contributed by atoms with Crippen molar-refractivity contribution >= 4 is 34.8 Å². The van der Waals surface area contributed by atoms with Gasteiger partial charge >= 0.3 is 0 Å². The van der Waals surface area contributed by atoms with Crippen molar-refractivity contribution in [2.45, 2.75) is 19.8 Å². The molecule has 0 fully saturated rings. The maximum atomic E-state index is 11.8. The SMILES string of the molecule is CCCc1cc(C(=O)NN=Cc2cccs2)cs1. The molecule has 0 unspecified atom stereocenters. The molecule has 0 aliphatic heterocycles. The number of carbonyl (C=O) groups excluding carboxylic acids is 1. The third kappa shape index (κ3) is 3.51. The normalized spacial score (nSPS) is 10.9. The molecule has 0 aliphatic carbocycles. The first-order valence-electron chi connectivity index (χ1n) is 5.74. The van der Waals surface area contributed by atoms with E-state index in [9.17, 15) is 4.79 Å². The minimum atomic E-state index is -0.151. The summed E-state index contributed by atoms with van der Waals surface area (Å²) in [6.07, 6.45) is 3.77. The van der Waals surface area contributed by atoms with Crippen LogP contribution in [0, 0.1) is 0 Å². The number of rotatable bonds is 5. The topological polar surface area (TPSA) is 41.5 Å². The van der Waals surface area contributed by atoms with E-state index in [0.717, 1.165) is 17.7 Å². The Kier molecular flexibility index (Phi) is 4.66. The molecule has 0 bridgehead atoms. The number of hydrogen-bond acceptors (Lipinski definition) is 4. The van der Waals surface area contributed by atoms with Gasteiger partial charge in [-0.1, -0.05) is 19.4 Å². The first-order valence-corrected chi connectivity index (χ1v) is 7.50. The molecule has 2 heterocycles. The lowest BCUT2D eigenvalue weighted by Crippen LogP contribution is -2.16. The summed E-state index contributed by atoms with van der Waals surface area (Å²) in [6, 6.07) is 5.83. The second-order valence-corrected chi connectivity index (χ2v) is 5.74. The Morgan fingerprint density at radius 2 is 2.39 bits per heavy atom. The van der Waals surface area contributed by atoms with Crippen molar-refractivity contribution in [2.24, 2.45) is 5.10 Å². The summed E-state index contributed by atoms with van der Waals surface area (Å²) in [5, 5.41) is 7.78. The van der Waals surface area contributed by atoms with E-state index in [-0.39, 0.29) is 5.91 Å². The fourth-order valence-electron chi connectivity index (χ4n) is 1.46. The summed E-state index contributed by atoms with van der Waals surface area (Å²) in [5.74, 6) is -0.151. The molecule has 2 aromatic heterocycles.